The third-order valence-electron chi connectivity index (χ3n) is 6.73. The fourth-order valence-electron chi connectivity index (χ4n) is 4.44. The molecular weight excluding hydrogens is 458 g/mol. The number of hydrogen-bond donors (Lipinski definition) is 0. The highest BCUT2D eigenvalue weighted by Crippen LogP contribution is 2.32. The second-order valence-corrected chi connectivity index (χ2v) is 10.0. The molecule has 2 fully saturated rings. The number of nitrogens with zero attached hydrogens (tertiary/aromatic N) is 5. The van der Waals surface area contributed by atoms with E-state index >= 15 is 0 Å². The first-order valence-corrected chi connectivity index (χ1v) is 12.7. The molecule has 1 saturated heterocycles. The molecule has 1 aromatic carbocycles. The topological polar surface area (TPSA) is 88.1 Å². The Morgan fingerprint density at radius 1 is 1.03 bits per heavy atom. The van der Waals surface area contributed by atoms with Crippen molar-refractivity contribution < 1.29 is 19.1 Å². The van der Waals surface area contributed by atoms with Crippen molar-refractivity contribution in [2.45, 2.75) is 33.1 Å². The molecule has 0 radical (unpaired) electrons. The van der Waals surface area contributed by atoms with Crippen molar-refractivity contribution in [3.05, 3.63) is 30.3 Å². The van der Waals surface area contributed by atoms with Crippen LogP contribution in [0.4, 0.5) is 5.82 Å². The quantitative estimate of drug-likeness (QED) is 0.500. The number of carbonyl (C=O) groups is 2. The summed E-state index contributed by atoms with van der Waals surface area (Å²) in [4.78, 5) is 31.5. The molecule has 1 aromatic heterocycles. The van der Waals surface area contributed by atoms with Crippen LogP contribution >= 0.6 is 0 Å². The van der Waals surface area contributed by atoms with Crippen LogP contribution in [0.1, 0.15) is 33.1 Å². The first-order valence-electron chi connectivity index (χ1n) is 12.7. The Hall–Kier alpha value is -3.36. The van der Waals surface area contributed by atoms with Crippen molar-refractivity contribution in [3.8, 4) is 22.8 Å². The number of rotatable bonds is 10. The molecule has 2 heterocycles. The Morgan fingerprint density at radius 2 is 1.78 bits per heavy atom. The summed E-state index contributed by atoms with van der Waals surface area (Å²) in [6, 6.07) is 9.48. The van der Waals surface area contributed by atoms with Gasteiger partial charge in [0.1, 0.15) is 11.5 Å². The summed E-state index contributed by atoms with van der Waals surface area (Å²) in [5.41, 5.74) is 1.56. The smallest absolute Gasteiger partial charge is 0.242 e. The van der Waals surface area contributed by atoms with E-state index in [1.807, 2.05) is 49.1 Å². The summed E-state index contributed by atoms with van der Waals surface area (Å²) in [6.45, 7) is 7.52. The Labute approximate surface area is 213 Å². The maximum Gasteiger partial charge on any atom is 0.242 e. The first-order chi connectivity index (χ1) is 17.4. The zero-order valence-electron chi connectivity index (χ0n) is 21.8. The average molecular weight is 496 g/mol. The van der Waals surface area contributed by atoms with Gasteiger partial charge >= 0.3 is 0 Å². The van der Waals surface area contributed by atoms with E-state index in [0.717, 1.165) is 24.2 Å². The Morgan fingerprint density at radius 3 is 2.36 bits per heavy atom. The van der Waals surface area contributed by atoms with Crippen LogP contribution in [0.25, 0.3) is 11.3 Å². The highest BCUT2D eigenvalue weighted by Gasteiger charge is 2.30. The van der Waals surface area contributed by atoms with Crippen LogP contribution < -0.4 is 14.4 Å². The molecule has 1 aliphatic heterocycles. The molecule has 9 heteroatoms. The van der Waals surface area contributed by atoms with Gasteiger partial charge in [-0.25, -0.2) is 0 Å². The summed E-state index contributed by atoms with van der Waals surface area (Å²) in [5, 5.41) is 8.86. The van der Waals surface area contributed by atoms with E-state index in [0.29, 0.717) is 62.3 Å². The lowest BCUT2D eigenvalue weighted by Gasteiger charge is -2.36. The van der Waals surface area contributed by atoms with Crippen LogP contribution in [0.15, 0.2) is 30.3 Å². The van der Waals surface area contributed by atoms with Crippen molar-refractivity contribution in [2.24, 2.45) is 11.8 Å². The van der Waals surface area contributed by atoms with Gasteiger partial charge in [0, 0.05) is 50.8 Å². The molecule has 0 unspecified atom stereocenters. The maximum absolute atomic E-state index is 13.0. The molecule has 2 aromatic rings. The molecule has 0 spiro atoms. The zero-order chi connectivity index (χ0) is 25.7. The summed E-state index contributed by atoms with van der Waals surface area (Å²) in [5.74, 6) is 3.13. The predicted octanol–water partition coefficient (Wildman–Crippen LogP) is 3.09. The lowest BCUT2D eigenvalue weighted by molar-refractivity contribution is -0.141. The third-order valence-corrected chi connectivity index (χ3v) is 6.73. The van der Waals surface area contributed by atoms with Gasteiger partial charge in [0.05, 0.1) is 26.5 Å². The van der Waals surface area contributed by atoms with Crippen molar-refractivity contribution in [2.75, 3.05) is 58.4 Å². The minimum absolute atomic E-state index is 0.0282. The van der Waals surface area contributed by atoms with Crippen LogP contribution in [0, 0.1) is 11.8 Å². The van der Waals surface area contributed by atoms with Gasteiger partial charge in [-0.2, -0.15) is 0 Å². The standard InChI is InChI=1S/C27H37N5O4/c1-19(2)15-26(33)32(17-20-5-6-20)18-27(34)31-13-11-30(12-14-31)25-10-9-23(28-29-25)22-8-7-21(35-3)16-24(22)36-4/h7-10,16,19-20H,5-6,11-15,17-18H2,1-4H3. The SMILES string of the molecule is COc1ccc(-c2ccc(N3CCN(C(=O)CN(CC4CC4)C(=O)CC(C)C)CC3)nn2)c(OC)c1. The number of hydrogen-bond acceptors (Lipinski definition) is 7. The van der Waals surface area contributed by atoms with Gasteiger partial charge in [-0.3, -0.25) is 9.59 Å². The number of benzene rings is 1. The van der Waals surface area contributed by atoms with E-state index in [2.05, 4.69) is 15.1 Å². The van der Waals surface area contributed by atoms with E-state index in [1.54, 1.807) is 19.1 Å². The van der Waals surface area contributed by atoms with Gasteiger partial charge < -0.3 is 24.2 Å². The molecule has 2 amide bonds. The van der Waals surface area contributed by atoms with Crippen LogP contribution in [0.5, 0.6) is 11.5 Å². The van der Waals surface area contributed by atoms with Crippen LogP contribution in [-0.2, 0) is 9.59 Å². The van der Waals surface area contributed by atoms with Crippen molar-refractivity contribution in [3.63, 3.8) is 0 Å². The minimum Gasteiger partial charge on any atom is -0.497 e. The monoisotopic (exact) mass is 495 g/mol. The van der Waals surface area contributed by atoms with Gasteiger partial charge in [-0.05, 0) is 48.9 Å². The van der Waals surface area contributed by atoms with Gasteiger partial charge in [-0.15, -0.1) is 10.2 Å². The highest BCUT2D eigenvalue weighted by atomic mass is 16.5. The van der Waals surface area contributed by atoms with Crippen LogP contribution in [0.2, 0.25) is 0 Å². The molecule has 0 atom stereocenters. The number of anilines is 1. The fourth-order valence-corrected chi connectivity index (χ4v) is 4.44. The molecular formula is C27H37N5O4. The third kappa shape index (κ3) is 6.44. The van der Waals surface area contributed by atoms with Gasteiger partial charge in [-0.1, -0.05) is 13.8 Å². The predicted molar refractivity (Wildman–Crippen MR) is 138 cm³/mol. The molecule has 0 N–H and O–H groups in total. The number of aromatic nitrogens is 2. The van der Waals surface area contributed by atoms with E-state index in [1.165, 1.54) is 0 Å². The molecule has 194 valence electrons. The van der Waals surface area contributed by atoms with Crippen molar-refractivity contribution >= 4 is 17.6 Å². The normalized spacial score (nSPS) is 15.7. The zero-order valence-corrected chi connectivity index (χ0v) is 21.8. The molecule has 1 saturated carbocycles. The maximum atomic E-state index is 13.0. The summed E-state index contributed by atoms with van der Waals surface area (Å²) < 4.78 is 10.8. The lowest BCUT2D eigenvalue weighted by atomic mass is 10.1. The number of amides is 2. The van der Waals surface area contributed by atoms with Crippen LogP contribution in [-0.4, -0.2) is 85.3 Å². The molecule has 0 bridgehead atoms. The highest BCUT2D eigenvalue weighted by molar-refractivity contribution is 5.85. The minimum atomic E-state index is 0.0282. The summed E-state index contributed by atoms with van der Waals surface area (Å²) in [7, 11) is 3.24. The van der Waals surface area contributed by atoms with Crippen molar-refractivity contribution in [1.29, 1.82) is 0 Å². The molecule has 36 heavy (non-hydrogen) atoms. The van der Waals surface area contributed by atoms with E-state index in [-0.39, 0.29) is 24.3 Å². The van der Waals surface area contributed by atoms with E-state index < -0.39 is 0 Å². The number of piperazine rings is 1. The first kappa shape index (κ1) is 25.7. The van der Waals surface area contributed by atoms with Crippen molar-refractivity contribution in [1.82, 2.24) is 20.0 Å². The van der Waals surface area contributed by atoms with Gasteiger partial charge in [0.2, 0.25) is 11.8 Å². The second-order valence-electron chi connectivity index (χ2n) is 10.0. The Balaban J connectivity index is 1.33. The largest absolute Gasteiger partial charge is 0.497 e. The number of ether oxygens (including phenoxy) is 2. The Bertz CT molecular complexity index is 1050. The lowest BCUT2D eigenvalue weighted by Crippen LogP contribution is -2.52. The van der Waals surface area contributed by atoms with E-state index in [4.69, 9.17) is 9.47 Å². The molecule has 9 nitrogen and oxygen atoms in total. The second kappa shape index (κ2) is 11.6. The van der Waals surface area contributed by atoms with E-state index in [9.17, 15) is 9.59 Å². The molecule has 2 aliphatic rings. The Kier molecular flexibility index (Phi) is 8.28. The summed E-state index contributed by atoms with van der Waals surface area (Å²) >= 11 is 0. The summed E-state index contributed by atoms with van der Waals surface area (Å²) in [6.07, 6.45) is 2.80. The number of carbonyl (C=O) groups excluding carboxylic acids is 2. The van der Waals surface area contributed by atoms with Gasteiger partial charge in [0.15, 0.2) is 5.82 Å². The number of methoxy groups -OCH3 is 2. The molecule has 1 aliphatic carbocycles. The van der Waals surface area contributed by atoms with Crippen LogP contribution in [0.3, 0.4) is 0 Å². The fraction of sp³-hybridized carbons (Fsp3) is 0.556. The van der Waals surface area contributed by atoms with Gasteiger partial charge in [0.25, 0.3) is 0 Å². The average Bonchev–Trinajstić information content (AvgIpc) is 3.72. The molecule has 4 rings (SSSR count).